The molecule has 2 heterocycles. The first-order chi connectivity index (χ1) is 15.1. The SMILES string of the molecule is O=c1[nH]c2ccccc2n1C1CCN(CC(O)COCCOc2ccc(F)cc2)CC1. The number of piperidine rings is 1. The van der Waals surface area contributed by atoms with E-state index in [1.807, 2.05) is 28.8 Å². The maximum atomic E-state index is 12.9. The fourth-order valence-corrected chi connectivity index (χ4v) is 4.12. The Balaban J connectivity index is 1.16. The molecule has 31 heavy (non-hydrogen) atoms. The van der Waals surface area contributed by atoms with Gasteiger partial charge in [0.1, 0.15) is 18.2 Å². The van der Waals surface area contributed by atoms with Crippen LogP contribution in [0.1, 0.15) is 18.9 Å². The lowest BCUT2D eigenvalue weighted by atomic mass is 10.0. The summed E-state index contributed by atoms with van der Waals surface area (Å²) in [5.41, 5.74) is 1.75. The van der Waals surface area contributed by atoms with E-state index in [4.69, 9.17) is 9.47 Å². The maximum absolute atomic E-state index is 12.9. The number of nitrogens with zero attached hydrogens (tertiary/aromatic N) is 2. The van der Waals surface area contributed by atoms with Crippen molar-refractivity contribution in [3.05, 3.63) is 64.8 Å². The summed E-state index contributed by atoms with van der Waals surface area (Å²) in [4.78, 5) is 17.5. The van der Waals surface area contributed by atoms with Crippen LogP contribution in [0.15, 0.2) is 53.3 Å². The molecule has 7 nitrogen and oxygen atoms in total. The van der Waals surface area contributed by atoms with Crippen LogP contribution in [-0.2, 0) is 4.74 Å². The molecule has 1 aliphatic heterocycles. The predicted molar refractivity (Wildman–Crippen MR) is 116 cm³/mol. The molecule has 3 aromatic rings. The van der Waals surface area contributed by atoms with E-state index in [2.05, 4.69) is 9.88 Å². The van der Waals surface area contributed by atoms with Crippen molar-refractivity contribution >= 4 is 11.0 Å². The second-order valence-electron chi connectivity index (χ2n) is 7.88. The van der Waals surface area contributed by atoms with Crippen LogP contribution >= 0.6 is 0 Å². The van der Waals surface area contributed by atoms with Crippen molar-refractivity contribution in [1.29, 1.82) is 0 Å². The number of fused-ring (bicyclic) bond motifs is 1. The van der Waals surface area contributed by atoms with Gasteiger partial charge in [0.25, 0.3) is 0 Å². The molecule has 0 spiro atoms. The lowest BCUT2D eigenvalue weighted by Gasteiger charge is -2.33. The number of likely N-dealkylation sites (tertiary alicyclic amines) is 1. The lowest BCUT2D eigenvalue weighted by molar-refractivity contribution is 0.00326. The Morgan fingerprint density at radius 1 is 1.10 bits per heavy atom. The summed E-state index contributed by atoms with van der Waals surface area (Å²) in [6, 6.07) is 13.7. The minimum Gasteiger partial charge on any atom is -0.491 e. The molecule has 1 atom stereocenters. The number of aromatic nitrogens is 2. The number of hydrogen-bond donors (Lipinski definition) is 2. The number of nitrogens with one attached hydrogen (secondary N) is 1. The summed E-state index contributed by atoms with van der Waals surface area (Å²) in [6.07, 6.45) is 1.14. The van der Waals surface area contributed by atoms with Crippen LogP contribution in [-0.4, -0.2) is 65.1 Å². The number of hydrogen-bond acceptors (Lipinski definition) is 5. The van der Waals surface area contributed by atoms with Crippen LogP contribution in [0.3, 0.4) is 0 Å². The quantitative estimate of drug-likeness (QED) is 0.511. The Labute approximate surface area is 180 Å². The number of benzene rings is 2. The number of imidazole rings is 1. The molecular weight excluding hydrogens is 401 g/mol. The number of ether oxygens (including phenoxy) is 2. The molecule has 1 unspecified atom stereocenters. The number of rotatable bonds is 9. The van der Waals surface area contributed by atoms with Gasteiger partial charge in [-0.1, -0.05) is 12.1 Å². The van der Waals surface area contributed by atoms with E-state index in [-0.39, 0.29) is 24.2 Å². The largest absolute Gasteiger partial charge is 0.491 e. The molecule has 2 N–H and O–H groups in total. The summed E-state index contributed by atoms with van der Waals surface area (Å²) >= 11 is 0. The summed E-state index contributed by atoms with van der Waals surface area (Å²) in [6.45, 7) is 3.09. The molecular formula is C23H28FN3O4. The van der Waals surface area contributed by atoms with Crippen molar-refractivity contribution in [2.45, 2.75) is 25.0 Å². The van der Waals surface area contributed by atoms with Crippen molar-refractivity contribution in [1.82, 2.24) is 14.5 Å². The highest BCUT2D eigenvalue weighted by molar-refractivity contribution is 5.75. The van der Waals surface area contributed by atoms with Gasteiger partial charge >= 0.3 is 5.69 Å². The highest BCUT2D eigenvalue weighted by Gasteiger charge is 2.24. The van der Waals surface area contributed by atoms with E-state index >= 15 is 0 Å². The van der Waals surface area contributed by atoms with Gasteiger partial charge in [0.15, 0.2) is 0 Å². The normalized spacial score (nSPS) is 16.6. The van der Waals surface area contributed by atoms with Gasteiger partial charge in [0.2, 0.25) is 0 Å². The van der Waals surface area contributed by atoms with E-state index in [0.717, 1.165) is 37.0 Å². The van der Waals surface area contributed by atoms with E-state index < -0.39 is 6.10 Å². The molecule has 0 bridgehead atoms. The third-order valence-corrected chi connectivity index (χ3v) is 5.64. The average molecular weight is 429 g/mol. The van der Waals surface area contributed by atoms with Crippen molar-refractivity contribution in [2.75, 3.05) is 39.5 Å². The molecule has 0 saturated carbocycles. The maximum Gasteiger partial charge on any atom is 0.326 e. The zero-order valence-corrected chi connectivity index (χ0v) is 17.4. The number of aliphatic hydroxyl groups is 1. The minimum atomic E-state index is -0.585. The van der Waals surface area contributed by atoms with Gasteiger partial charge in [0.05, 0.1) is 30.4 Å². The number of halogens is 1. The van der Waals surface area contributed by atoms with E-state index in [0.29, 0.717) is 25.5 Å². The van der Waals surface area contributed by atoms with Crippen molar-refractivity contribution in [3.8, 4) is 5.75 Å². The monoisotopic (exact) mass is 429 g/mol. The summed E-state index contributed by atoms with van der Waals surface area (Å²) in [7, 11) is 0. The Kier molecular flexibility index (Phi) is 7.01. The smallest absolute Gasteiger partial charge is 0.326 e. The molecule has 0 amide bonds. The third-order valence-electron chi connectivity index (χ3n) is 5.64. The molecule has 0 radical (unpaired) electrons. The van der Waals surface area contributed by atoms with Gasteiger partial charge in [-0.25, -0.2) is 9.18 Å². The van der Waals surface area contributed by atoms with Gasteiger partial charge in [-0.15, -0.1) is 0 Å². The fraction of sp³-hybridized carbons (Fsp3) is 0.435. The van der Waals surface area contributed by atoms with Gasteiger partial charge in [-0.05, 0) is 49.2 Å². The highest BCUT2D eigenvalue weighted by atomic mass is 19.1. The molecule has 8 heteroatoms. The molecule has 166 valence electrons. The second-order valence-corrected chi connectivity index (χ2v) is 7.88. The third kappa shape index (κ3) is 5.52. The molecule has 1 aromatic heterocycles. The fourth-order valence-electron chi connectivity index (χ4n) is 4.12. The van der Waals surface area contributed by atoms with Crippen molar-refractivity contribution in [3.63, 3.8) is 0 Å². The topological polar surface area (TPSA) is 79.7 Å². The van der Waals surface area contributed by atoms with Crippen LogP contribution in [0.25, 0.3) is 11.0 Å². The molecule has 1 saturated heterocycles. The first-order valence-corrected chi connectivity index (χ1v) is 10.7. The number of H-pyrrole nitrogens is 1. The molecule has 1 fully saturated rings. The standard InChI is InChI=1S/C23H28FN3O4/c24-17-5-7-20(8-6-17)31-14-13-30-16-19(28)15-26-11-9-18(10-12-26)27-22-4-2-1-3-21(22)25-23(27)29/h1-8,18-19,28H,9-16H2,(H,25,29). The predicted octanol–water partition coefficient (Wildman–Crippen LogP) is 2.56. The van der Waals surface area contributed by atoms with Crippen LogP contribution in [0, 0.1) is 5.82 Å². The molecule has 2 aromatic carbocycles. The van der Waals surface area contributed by atoms with Crippen LogP contribution in [0.2, 0.25) is 0 Å². The van der Waals surface area contributed by atoms with Gasteiger partial charge in [-0.2, -0.15) is 0 Å². The number of β-amino-alcohol motifs (C(OH)–C–C–N with tert-alkyl or cyclic N) is 1. The van der Waals surface area contributed by atoms with E-state index in [1.165, 1.54) is 12.1 Å². The van der Waals surface area contributed by atoms with Crippen molar-refractivity contribution in [2.24, 2.45) is 0 Å². The van der Waals surface area contributed by atoms with Gasteiger partial charge in [-0.3, -0.25) is 4.57 Å². The molecule has 4 rings (SSSR count). The Morgan fingerprint density at radius 2 is 1.84 bits per heavy atom. The first kappa shape index (κ1) is 21.5. The highest BCUT2D eigenvalue weighted by Crippen LogP contribution is 2.24. The van der Waals surface area contributed by atoms with Crippen LogP contribution in [0.4, 0.5) is 4.39 Å². The number of para-hydroxylation sites is 2. The first-order valence-electron chi connectivity index (χ1n) is 10.7. The van der Waals surface area contributed by atoms with Gasteiger partial charge in [0, 0.05) is 25.7 Å². The summed E-state index contributed by atoms with van der Waals surface area (Å²) in [5.74, 6) is 0.284. The average Bonchev–Trinajstić information content (AvgIpc) is 3.11. The molecule has 0 aliphatic carbocycles. The Bertz CT molecular complexity index is 1030. The Hall–Kier alpha value is -2.68. The van der Waals surface area contributed by atoms with E-state index in [9.17, 15) is 14.3 Å². The van der Waals surface area contributed by atoms with Crippen molar-refractivity contribution < 1.29 is 19.0 Å². The Morgan fingerprint density at radius 3 is 2.61 bits per heavy atom. The van der Waals surface area contributed by atoms with Gasteiger partial charge < -0.3 is 24.5 Å². The zero-order valence-electron chi connectivity index (χ0n) is 17.4. The molecule has 1 aliphatic rings. The lowest BCUT2D eigenvalue weighted by Crippen LogP contribution is -2.41. The second kappa shape index (κ2) is 10.1. The minimum absolute atomic E-state index is 0.0593. The summed E-state index contributed by atoms with van der Waals surface area (Å²) < 4.78 is 25.7. The van der Waals surface area contributed by atoms with Crippen LogP contribution in [0.5, 0.6) is 5.75 Å². The number of aromatic amines is 1. The zero-order chi connectivity index (χ0) is 21.6. The number of aliphatic hydroxyl groups excluding tert-OH is 1. The van der Waals surface area contributed by atoms with Crippen LogP contribution < -0.4 is 10.4 Å². The summed E-state index contributed by atoms with van der Waals surface area (Å²) in [5, 5.41) is 10.3. The van der Waals surface area contributed by atoms with E-state index in [1.54, 1.807) is 12.1 Å².